The van der Waals surface area contributed by atoms with Gasteiger partial charge < -0.3 is 58.7 Å². The van der Waals surface area contributed by atoms with Crippen molar-refractivity contribution in [2.24, 2.45) is 11.5 Å². The van der Waals surface area contributed by atoms with E-state index < -0.39 is 109 Å². The third-order valence-corrected chi connectivity index (χ3v) is 9.19. The number of nitrogens with two attached hydrogens (primary N) is 2. The van der Waals surface area contributed by atoms with E-state index in [0.717, 1.165) is 0 Å². The highest BCUT2D eigenvalue weighted by Gasteiger charge is 2.32. The van der Waals surface area contributed by atoms with Gasteiger partial charge in [0.2, 0.25) is 41.4 Å². The molecule has 0 aliphatic heterocycles. The summed E-state index contributed by atoms with van der Waals surface area (Å²) in [7, 11) is 0. The molecule has 0 aliphatic rings. The number of carbonyl (C=O) groups is 9. The van der Waals surface area contributed by atoms with Crippen molar-refractivity contribution in [1.29, 1.82) is 0 Å². The normalized spacial score (nSPS) is 13.8. The van der Waals surface area contributed by atoms with Crippen LogP contribution in [0, 0.1) is 0 Å². The molecule has 0 aromatic heterocycles. The summed E-state index contributed by atoms with van der Waals surface area (Å²) >= 11 is 5.43. The minimum atomic E-state index is -1.66. The molecule has 0 aliphatic carbocycles. The van der Waals surface area contributed by atoms with Gasteiger partial charge in [-0.1, -0.05) is 42.5 Å². The summed E-state index contributed by atoms with van der Waals surface area (Å²) in [5.41, 5.74) is 12.0. The molecule has 7 amide bonds. The van der Waals surface area contributed by atoms with Crippen LogP contribution in [-0.4, -0.2) is 129 Å². The second kappa shape index (κ2) is 24.7. The van der Waals surface area contributed by atoms with Gasteiger partial charge in [-0.3, -0.25) is 38.4 Å². The molecule has 0 radical (unpaired) electrons. The summed E-state index contributed by atoms with van der Waals surface area (Å²) in [5, 5.41) is 42.6. The van der Waals surface area contributed by atoms with Crippen LogP contribution in [0.1, 0.15) is 30.4 Å². The van der Waals surface area contributed by atoms with E-state index in [1.165, 1.54) is 36.0 Å². The number of hydrogen-bond acceptors (Lipinski definition) is 13. The Labute approximate surface area is 342 Å². The number of nitrogens with one attached hydrogen (secondary N) is 6. The summed E-state index contributed by atoms with van der Waals surface area (Å²) in [6.45, 7) is -0.788. The number of carboxylic acid groups (broad SMARTS) is 2. The van der Waals surface area contributed by atoms with E-state index in [1.54, 1.807) is 36.6 Å². The van der Waals surface area contributed by atoms with Crippen molar-refractivity contribution in [1.82, 2.24) is 31.9 Å². The first kappa shape index (κ1) is 48.3. The number of thioether (sulfide) groups is 1. The van der Waals surface area contributed by atoms with E-state index in [9.17, 15) is 53.4 Å². The number of phenolic OH excluding ortho intramolecular Hbond substituents is 1. The number of carboxylic acids is 2. The summed E-state index contributed by atoms with van der Waals surface area (Å²) < 4.78 is 0. The molecule has 58 heavy (non-hydrogen) atoms. The van der Waals surface area contributed by atoms with Crippen LogP contribution in [-0.2, 0) is 56.0 Å². The number of phenols is 1. The van der Waals surface area contributed by atoms with Crippen LogP contribution in [0.3, 0.4) is 0 Å². The molecule has 2 aromatic carbocycles. The number of carbonyl (C=O) groups excluding carboxylic acids is 7. The molecular weight excluding hydrogens is 801 g/mol. The quantitative estimate of drug-likeness (QED) is 0.0448. The van der Waals surface area contributed by atoms with Gasteiger partial charge in [0.1, 0.15) is 36.0 Å². The predicted molar refractivity (Wildman–Crippen MR) is 213 cm³/mol. The molecule has 0 unspecified atom stereocenters. The van der Waals surface area contributed by atoms with E-state index in [4.69, 9.17) is 16.6 Å². The highest BCUT2D eigenvalue weighted by atomic mass is 32.2. The van der Waals surface area contributed by atoms with Gasteiger partial charge in [-0.25, -0.2) is 4.79 Å². The van der Waals surface area contributed by atoms with Gasteiger partial charge in [0.05, 0.1) is 25.4 Å². The van der Waals surface area contributed by atoms with Gasteiger partial charge in [0.25, 0.3) is 0 Å². The number of aromatic hydroxyl groups is 1. The van der Waals surface area contributed by atoms with E-state index in [2.05, 4.69) is 44.5 Å². The van der Waals surface area contributed by atoms with E-state index in [1.807, 2.05) is 0 Å². The molecule has 13 N–H and O–H groups in total. The zero-order valence-corrected chi connectivity index (χ0v) is 33.1. The Morgan fingerprint density at radius 1 is 0.672 bits per heavy atom. The fourth-order valence-electron chi connectivity index (χ4n) is 5.15. The average molecular weight is 849 g/mol. The number of hydrogen-bond donors (Lipinski definition) is 12. The Morgan fingerprint density at radius 2 is 1.21 bits per heavy atom. The van der Waals surface area contributed by atoms with Gasteiger partial charge >= 0.3 is 11.9 Å². The number of aliphatic carboxylic acids is 2. The lowest BCUT2D eigenvalue weighted by atomic mass is 10.0. The molecule has 316 valence electrons. The molecule has 2 aromatic rings. The lowest BCUT2D eigenvalue weighted by molar-refractivity contribution is -0.142. The van der Waals surface area contributed by atoms with Gasteiger partial charge in [0.15, 0.2) is 0 Å². The molecule has 0 heterocycles. The fraction of sp³-hybridized carbons (Fsp3) is 0.417. The molecule has 20 nitrogen and oxygen atoms in total. The highest BCUT2D eigenvalue weighted by molar-refractivity contribution is 7.98. The number of benzene rings is 2. The zero-order valence-electron chi connectivity index (χ0n) is 31.3. The van der Waals surface area contributed by atoms with Gasteiger partial charge in [-0.15, -0.1) is 0 Å². The van der Waals surface area contributed by atoms with Crippen LogP contribution in [0.15, 0.2) is 54.6 Å². The summed E-state index contributed by atoms with van der Waals surface area (Å²) in [4.78, 5) is 113. The van der Waals surface area contributed by atoms with Crippen molar-refractivity contribution in [3.63, 3.8) is 0 Å². The van der Waals surface area contributed by atoms with Gasteiger partial charge in [-0.05, 0) is 41.7 Å². The minimum Gasteiger partial charge on any atom is -0.508 e. The van der Waals surface area contributed by atoms with Crippen LogP contribution in [0.5, 0.6) is 5.75 Å². The molecule has 0 saturated heterocycles. The van der Waals surface area contributed by atoms with Crippen LogP contribution in [0.25, 0.3) is 0 Å². The molecule has 0 spiro atoms. The molecule has 2 rings (SSSR count). The monoisotopic (exact) mass is 848 g/mol. The lowest BCUT2D eigenvalue weighted by Gasteiger charge is -2.25. The summed E-state index contributed by atoms with van der Waals surface area (Å²) in [6.07, 6.45) is 0.137. The smallest absolute Gasteiger partial charge is 0.326 e. The first-order chi connectivity index (χ1) is 27.4. The van der Waals surface area contributed by atoms with Gasteiger partial charge in [-0.2, -0.15) is 24.4 Å². The number of thiol groups is 1. The molecule has 0 saturated carbocycles. The molecule has 0 bridgehead atoms. The number of primary amides is 1. The van der Waals surface area contributed by atoms with Crippen LogP contribution < -0.4 is 43.4 Å². The Hall–Kier alpha value is -5.87. The zero-order chi connectivity index (χ0) is 43.4. The minimum absolute atomic E-state index is 0.0648. The molecule has 0 fully saturated rings. The van der Waals surface area contributed by atoms with Crippen molar-refractivity contribution in [3.8, 4) is 5.75 Å². The summed E-state index contributed by atoms with van der Waals surface area (Å²) in [5.74, 6) is -9.33. The summed E-state index contributed by atoms with van der Waals surface area (Å²) in [6, 6.07) is 5.63. The van der Waals surface area contributed by atoms with Crippen molar-refractivity contribution in [2.75, 3.05) is 24.3 Å². The molecular formula is C36H48N8O12S2. The Bertz CT molecular complexity index is 1770. The van der Waals surface area contributed by atoms with Crippen molar-refractivity contribution < 1.29 is 58.5 Å². The first-order valence-corrected chi connectivity index (χ1v) is 19.6. The first-order valence-electron chi connectivity index (χ1n) is 17.6. The molecule has 22 heteroatoms. The predicted octanol–water partition coefficient (Wildman–Crippen LogP) is -2.84. The standard InChI is InChI=1S/C36H48N8O12S2/c1-58-12-11-23(41-31(50)22(37)15-30(48)49)33(52)44-27(18-57)35(54)42-25(16-28(38)46)32(51)39-17-29(47)40-24(13-20-7-9-21(45)10-8-20)34(53)43-26(36(55)56)14-19-5-3-2-4-6-19/h2-10,22-27,45,57H,11-18,37H2,1H3,(H2,38,46)(H,39,51)(H,40,47)(H,41,50)(H,42,54)(H,43,53)(H,44,52)(H,48,49)(H,55,56)/t22-,23-,24-,25-,26-,27-/m0/s1. The SMILES string of the molecule is CSCC[C@H](NC(=O)[C@@H](N)CC(=O)O)C(=O)N[C@@H](CS)C(=O)N[C@@H](CC(N)=O)C(=O)NCC(=O)N[C@@H](Cc1ccc(O)cc1)C(=O)N[C@@H](Cc1ccccc1)C(=O)O. The second-order valence-electron chi connectivity index (χ2n) is 12.8. The number of rotatable bonds is 25. The Morgan fingerprint density at radius 3 is 1.78 bits per heavy atom. The van der Waals surface area contributed by atoms with Crippen molar-refractivity contribution in [2.45, 2.75) is 68.4 Å². The number of amides is 7. The maximum Gasteiger partial charge on any atom is 0.326 e. The lowest BCUT2D eigenvalue weighted by Crippen LogP contribution is -2.59. The van der Waals surface area contributed by atoms with E-state index in [0.29, 0.717) is 16.9 Å². The Kier molecular flexibility index (Phi) is 20.6. The van der Waals surface area contributed by atoms with Crippen LogP contribution in [0.4, 0.5) is 0 Å². The maximum absolute atomic E-state index is 13.4. The van der Waals surface area contributed by atoms with Crippen LogP contribution >= 0.6 is 24.4 Å². The van der Waals surface area contributed by atoms with Gasteiger partial charge in [0, 0.05) is 18.6 Å². The third kappa shape index (κ3) is 17.5. The second-order valence-corrected chi connectivity index (χ2v) is 14.2. The Balaban J connectivity index is 2.15. The third-order valence-electron chi connectivity index (χ3n) is 8.18. The maximum atomic E-state index is 13.4. The largest absolute Gasteiger partial charge is 0.508 e. The average Bonchev–Trinajstić information content (AvgIpc) is 3.17. The van der Waals surface area contributed by atoms with E-state index >= 15 is 0 Å². The highest BCUT2D eigenvalue weighted by Crippen LogP contribution is 2.12. The fourth-order valence-corrected chi connectivity index (χ4v) is 5.88. The van der Waals surface area contributed by atoms with E-state index in [-0.39, 0.29) is 30.8 Å². The van der Waals surface area contributed by atoms with Crippen LogP contribution in [0.2, 0.25) is 0 Å². The topological polar surface area (TPSA) is 339 Å². The van der Waals surface area contributed by atoms with Crippen molar-refractivity contribution in [3.05, 3.63) is 65.7 Å². The molecule has 6 atom stereocenters. The van der Waals surface area contributed by atoms with Crippen molar-refractivity contribution >= 4 is 77.7 Å².